The van der Waals surface area contributed by atoms with Crippen molar-refractivity contribution >= 4 is 5.91 Å². The molecule has 0 aliphatic heterocycles. The zero-order valence-corrected chi connectivity index (χ0v) is 12.9. The molecule has 0 radical (unpaired) electrons. The number of carbonyl (C=O) groups excluding carboxylic acids is 1. The standard InChI is InChI=1S/C16H25N3O2/c1-3-19(4-2)18-16(20)11-21-15-8-6-12-5-7-14(17)9-13(12)10-15/h6,8,10,14H,3-5,7,9,11,17H2,1-2H3,(H,18,20)/t14-/m0/s1. The Labute approximate surface area is 126 Å². The quantitative estimate of drug-likeness (QED) is 0.774. The lowest BCUT2D eigenvalue weighted by atomic mass is 9.89. The fourth-order valence-electron chi connectivity index (χ4n) is 2.59. The number of amides is 1. The summed E-state index contributed by atoms with van der Waals surface area (Å²) < 4.78 is 5.58. The van der Waals surface area contributed by atoms with E-state index in [1.807, 2.05) is 31.0 Å². The number of nitrogens with zero attached hydrogens (tertiary/aromatic N) is 1. The number of aryl methyl sites for hydroxylation is 1. The van der Waals surface area contributed by atoms with Crippen molar-refractivity contribution in [1.29, 1.82) is 0 Å². The third kappa shape index (κ3) is 4.44. The van der Waals surface area contributed by atoms with E-state index in [0.29, 0.717) is 0 Å². The Bertz CT molecular complexity index is 486. The monoisotopic (exact) mass is 291 g/mol. The number of ether oxygens (including phenoxy) is 1. The summed E-state index contributed by atoms with van der Waals surface area (Å²) >= 11 is 0. The molecule has 0 fully saturated rings. The van der Waals surface area contributed by atoms with Gasteiger partial charge >= 0.3 is 0 Å². The van der Waals surface area contributed by atoms with Gasteiger partial charge in [-0.15, -0.1) is 0 Å². The van der Waals surface area contributed by atoms with Gasteiger partial charge in [-0.2, -0.15) is 0 Å². The second-order valence-electron chi connectivity index (χ2n) is 5.43. The number of nitrogens with two attached hydrogens (primary N) is 1. The normalized spacial score (nSPS) is 17.4. The number of hydrazine groups is 1. The first-order valence-corrected chi connectivity index (χ1v) is 7.67. The molecule has 21 heavy (non-hydrogen) atoms. The average Bonchev–Trinajstić information content (AvgIpc) is 2.50. The first-order chi connectivity index (χ1) is 10.1. The summed E-state index contributed by atoms with van der Waals surface area (Å²) in [7, 11) is 0. The zero-order valence-electron chi connectivity index (χ0n) is 12.9. The van der Waals surface area contributed by atoms with Crippen molar-refractivity contribution in [2.24, 2.45) is 5.73 Å². The number of nitrogens with one attached hydrogen (secondary N) is 1. The van der Waals surface area contributed by atoms with E-state index >= 15 is 0 Å². The molecule has 0 aromatic heterocycles. The second kappa shape index (κ2) is 7.43. The molecule has 0 heterocycles. The van der Waals surface area contributed by atoms with Crippen LogP contribution in [-0.2, 0) is 17.6 Å². The molecule has 2 rings (SSSR count). The van der Waals surface area contributed by atoms with Gasteiger partial charge in [-0.1, -0.05) is 19.9 Å². The fourth-order valence-corrected chi connectivity index (χ4v) is 2.59. The predicted octanol–water partition coefficient (Wildman–Crippen LogP) is 1.25. The molecule has 0 saturated heterocycles. The molecular formula is C16H25N3O2. The highest BCUT2D eigenvalue weighted by atomic mass is 16.5. The van der Waals surface area contributed by atoms with Crippen molar-refractivity contribution < 1.29 is 9.53 Å². The van der Waals surface area contributed by atoms with Gasteiger partial charge in [0, 0.05) is 19.1 Å². The van der Waals surface area contributed by atoms with Crippen molar-refractivity contribution in [1.82, 2.24) is 10.4 Å². The van der Waals surface area contributed by atoms with Crippen LogP contribution in [-0.4, -0.2) is 36.7 Å². The van der Waals surface area contributed by atoms with E-state index in [-0.39, 0.29) is 18.6 Å². The largest absolute Gasteiger partial charge is 0.484 e. The van der Waals surface area contributed by atoms with Crippen LogP contribution < -0.4 is 15.9 Å². The highest BCUT2D eigenvalue weighted by molar-refractivity contribution is 5.77. The number of benzene rings is 1. The van der Waals surface area contributed by atoms with Crippen molar-refractivity contribution in [2.45, 2.75) is 39.2 Å². The fraction of sp³-hybridized carbons (Fsp3) is 0.562. The Morgan fingerprint density at radius 3 is 2.86 bits per heavy atom. The molecule has 1 amide bonds. The highest BCUT2D eigenvalue weighted by Crippen LogP contribution is 2.24. The van der Waals surface area contributed by atoms with Crippen molar-refractivity contribution in [3.05, 3.63) is 29.3 Å². The van der Waals surface area contributed by atoms with Crippen LogP contribution in [0.2, 0.25) is 0 Å². The highest BCUT2D eigenvalue weighted by Gasteiger charge is 2.16. The molecule has 1 aromatic carbocycles. The molecule has 0 saturated carbocycles. The molecule has 5 heteroatoms. The van der Waals surface area contributed by atoms with Crippen LogP contribution in [0.25, 0.3) is 0 Å². The summed E-state index contributed by atoms with van der Waals surface area (Å²) in [5, 5.41) is 1.84. The topological polar surface area (TPSA) is 67.6 Å². The van der Waals surface area contributed by atoms with Gasteiger partial charge in [0.05, 0.1) is 0 Å². The third-order valence-electron chi connectivity index (χ3n) is 3.86. The van der Waals surface area contributed by atoms with Crippen LogP contribution in [0.5, 0.6) is 5.75 Å². The van der Waals surface area contributed by atoms with Crippen LogP contribution in [0.3, 0.4) is 0 Å². The molecular weight excluding hydrogens is 266 g/mol. The van der Waals surface area contributed by atoms with E-state index in [4.69, 9.17) is 10.5 Å². The Morgan fingerprint density at radius 2 is 2.14 bits per heavy atom. The molecule has 1 aliphatic carbocycles. The Morgan fingerprint density at radius 1 is 1.38 bits per heavy atom. The Balaban J connectivity index is 1.89. The lowest BCUT2D eigenvalue weighted by molar-refractivity contribution is -0.127. The lowest BCUT2D eigenvalue weighted by Gasteiger charge is -2.22. The molecule has 0 unspecified atom stereocenters. The van der Waals surface area contributed by atoms with Gasteiger partial charge in [0.15, 0.2) is 6.61 Å². The van der Waals surface area contributed by atoms with Gasteiger partial charge in [-0.05, 0) is 42.5 Å². The van der Waals surface area contributed by atoms with Gasteiger partial charge in [0.25, 0.3) is 5.91 Å². The van der Waals surface area contributed by atoms with E-state index in [1.165, 1.54) is 11.1 Å². The van der Waals surface area contributed by atoms with Crippen molar-refractivity contribution in [3.63, 3.8) is 0 Å². The van der Waals surface area contributed by atoms with E-state index in [9.17, 15) is 4.79 Å². The summed E-state index contributed by atoms with van der Waals surface area (Å²) in [6.45, 7) is 5.58. The summed E-state index contributed by atoms with van der Waals surface area (Å²) in [5.41, 5.74) is 11.4. The second-order valence-corrected chi connectivity index (χ2v) is 5.43. The number of carbonyl (C=O) groups is 1. The maximum atomic E-state index is 11.8. The van der Waals surface area contributed by atoms with E-state index in [1.54, 1.807) is 0 Å². The van der Waals surface area contributed by atoms with Gasteiger partial charge in [0.1, 0.15) is 5.75 Å². The molecule has 1 aliphatic rings. The molecule has 5 nitrogen and oxygen atoms in total. The molecule has 3 N–H and O–H groups in total. The van der Waals surface area contributed by atoms with E-state index < -0.39 is 0 Å². The zero-order chi connectivity index (χ0) is 15.2. The lowest BCUT2D eigenvalue weighted by Crippen LogP contribution is -2.44. The Hall–Kier alpha value is -1.59. The van der Waals surface area contributed by atoms with Crippen molar-refractivity contribution in [3.8, 4) is 5.75 Å². The number of fused-ring (bicyclic) bond motifs is 1. The minimum atomic E-state index is -0.131. The molecule has 116 valence electrons. The van der Waals surface area contributed by atoms with Gasteiger partial charge in [-0.25, -0.2) is 5.01 Å². The van der Waals surface area contributed by atoms with E-state index in [2.05, 4.69) is 11.5 Å². The predicted molar refractivity (Wildman–Crippen MR) is 83.0 cm³/mol. The SMILES string of the molecule is CCN(CC)NC(=O)COc1ccc2c(c1)C[C@@H](N)CC2. The maximum Gasteiger partial charge on any atom is 0.272 e. The van der Waals surface area contributed by atoms with Gasteiger partial charge < -0.3 is 10.5 Å². The molecule has 1 aromatic rings. The number of rotatable bonds is 6. The smallest absolute Gasteiger partial charge is 0.272 e. The molecule has 0 spiro atoms. The number of hydrogen-bond acceptors (Lipinski definition) is 4. The molecule has 1 atom stereocenters. The summed E-state index contributed by atoms with van der Waals surface area (Å²) in [6, 6.07) is 6.26. The number of hydrogen-bond donors (Lipinski definition) is 2. The summed E-state index contributed by atoms with van der Waals surface area (Å²) in [6.07, 6.45) is 2.96. The van der Waals surface area contributed by atoms with Crippen LogP contribution in [0, 0.1) is 0 Å². The van der Waals surface area contributed by atoms with Crippen LogP contribution in [0.15, 0.2) is 18.2 Å². The van der Waals surface area contributed by atoms with Gasteiger partial charge in [0.2, 0.25) is 0 Å². The van der Waals surface area contributed by atoms with Crippen LogP contribution >= 0.6 is 0 Å². The minimum absolute atomic E-state index is 0.0291. The van der Waals surface area contributed by atoms with Crippen molar-refractivity contribution in [2.75, 3.05) is 19.7 Å². The Kier molecular flexibility index (Phi) is 5.59. The summed E-state index contributed by atoms with van der Waals surface area (Å²) in [4.78, 5) is 11.8. The average molecular weight is 291 g/mol. The first kappa shape index (κ1) is 15.8. The summed E-state index contributed by atoms with van der Waals surface area (Å²) in [5.74, 6) is 0.602. The van der Waals surface area contributed by atoms with E-state index in [0.717, 1.165) is 38.1 Å². The molecule has 0 bridgehead atoms. The van der Waals surface area contributed by atoms with Crippen LogP contribution in [0.4, 0.5) is 0 Å². The first-order valence-electron chi connectivity index (χ1n) is 7.67. The maximum absolute atomic E-state index is 11.8. The third-order valence-corrected chi connectivity index (χ3v) is 3.86. The van der Waals surface area contributed by atoms with Crippen LogP contribution in [0.1, 0.15) is 31.4 Å². The minimum Gasteiger partial charge on any atom is -0.484 e. The van der Waals surface area contributed by atoms with Gasteiger partial charge in [-0.3, -0.25) is 10.2 Å².